The van der Waals surface area contributed by atoms with Gasteiger partial charge >= 0.3 is 0 Å². The molecule has 0 radical (unpaired) electrons. The van der Waals surface area contributed by atoms with E-state index in [1.54, 1.807) is 16.8 Å². The van der Waals surface area contributed by atoms with E-state index >= 15 is 0 Å². The lowest BCUT2D eigenvalue weighted by Gasteiger charge is -2.29. The summed E-state index contributed by atoms with van der Waals surface area (Å²) in [5.74, 6) is 0.128. The molecule has 0 saturated heterocycles. The van der Waals surface area contributed by atoms with Crippen LogP contribution in [-0.2, 0) is 0 Å². The van der Waals surface area contributed by atoms with Gasteiger partial charge in [-0.25, -0.2) is 9.50 Å². The first-order chi connectivity index (χ1) is 13.1. The zero-order valence-corrected chi connectivity index (χ0v) is 14.9. The normalized spacial score (nSPS) is 19.7. The standard InChI is InChI=1S/C19H23N7O/c20-13-5-1-2-6-14(13)25-18-9-15(12(10-22-18)19(21)27)24-16-11-23-26-8-4-3-7-17(16)26/h3-4,7-11,13-14H,1-2,5-6,20H2,(H2,21,27)(H2,22,24,25)/t13-,14+/m0/s1. The summed E-state index contributed by atoms with van der Waals surface area (Å²) in [6.45, 7) is 0. The molecule has 6 N–H and O–H groups in total. The molecule has 3 aromatic heterocycles. The predicted molar refractivity (Wildman–Crippen MR) is 105 cm³/mol. The fourth-order valence-electron chi connectivity index (χ4n) is 3.54. The summed E-state index contributed by atoms with van der Waals surface area (Å²) in [6, 6.07) is 7.86. The molecule has 1 aliphatic carbocycles. The van der Waals surface area contributed by atoms with Crippen molar-refractivity contribution in [1.29, 1.82) is 0 Å². The van der Waals surface area contributed by atoms with Crippen molar-refractivity contribution in [1.82, 2.24) is 14.6 Å². The van der Waals surface area contributed by atoms with Crippen molar-refractivity contribution in [2.24, 2.45) is 11.5 Å². The number of rotatable bonds is 5. The van der Waals surface area contributed by atoms with E-state index in [9.17, 15) is 4.79 Å². The maximum Gasteiger partial charge on any atom is 0.252 e. The quantitative estimate of drug-likeness (QED) is 0.550. The second-order valence-corrected chi connectivity index (χ2v) is 6.89. The monoisotopic (exact) mass is 365 g/mol. The molecule has 1 saturated carbocycles. The molecule has 8 nitrogen and oxygen atoms in total. The molecule has 1 amide bonds. The minimum Gasteiger partial charge on any atom is -0.366 e. The summed E-state index contributed by atoms with van der Waals surface area (Å²) in [4.78, 5) is 16.2. The predicted octanol–water partition coefficient (Wildman–Crippen LogP) is 2.25. The smallest absolute Gasteiger partial charge is 0.252 e. The zero-order chi connectivity index (χ0) is 18.8. The number of aromatic nitrogens is 3. The van der Waals surface area contributed by atoms with Gasteiger partial charge in [0.15, 0.2) is 0 Å². The van der Waals surface area contributed by atoms with E-state index in [1.807, 2.05) is 24.4 Å². The number of nitrogens with two attached hydrogens (primary N) is 2. The number of carbonyl (C=O) groups excluding carboxylic acids is 1. The van der Waals surface area contributed by atoms with Crippen LogP contribution in [-0.4, -0.2) is 32.6 Å². The average Bonchev–Trinajstić information content (AvgIpc) is 3.07. The number of anilines is 3. The zero-order valence-electron chi connectivity index (χ0n) is 14.9. The molecule has 3 aromatic rings. The molecule has 0 bridgehead atoms. The molecule has 0 aromatic carbocycles. The molecule has 3 heterocycles. The Morgan fingerprint density at radius 2 is 2.04 bits per heavy atom. The number of fused-ring (bicyclic) bond motifs is 1. The summed E-state index contributed by atoms with van der Waals surface area (Å²) in [6.07, 6.45) is 9.40. The van der Waals surface area contributed by atoms with Crippen LogP contribution in [0.25, 0.3) is 5.52 Å². The van der Waals surface area contributed by atoms with Gasteiger partial charge in [0, 0.05) is 30.5 Å². The molecule has 1 fully saturated rings. The van der Waals surface area contributed by atoms with Crippen LogP contribution in [0.15, 0.2) is 42.9 Å². The molecule has 0 aliphatic heterocycles. The Morgan fingerprint density at radius 1 is 1.19 bits per heavy atom. The summed E-state index contributed by atoms with van der Waals surface area (Å²) in [7, 11) is 0. The van der Waals surface area contributed by atoms with Crippen molar-refractivity contribution in [3.05, 3.63) is 48.4 Å². The topological polar surface area (TPSA) is 123 Å². The third-order valence-corrected chi connectivity index (χ3v) is 5.02. The molecule has 4 rings (SSSR count). The number of nitrogens with one attached hydrogen (secondary N) is 2. The molecule has 0 unspecified atom stereocenters. The van der Waals surface area contributed by atoms with Gasteiger partial charge in [-0.2, -0.15) is 5.10 Å². The lowest BCUT2D eigenvalue weighted by Crippen LogP contribution is -2.42. The SMILES string of the molecule is NC(=O)c1cnc(N[C@@H]2CCCC[C@@H]2N)cc1Nc1cnn2ccccc12. The van der Waals surface area contributed by atoms with Gasteiger partial charge in [0.05, 0.1) is 28.7 Å². The van der Waals surface area contributed by atoms with Crippen molar-refractivity contribution in [2.45, 2.75) is 37.8 Å². The minimum atomic E-state index is -0.539. The van der Waals surface area contributed by atoms with Gasteiger partial charge < -0.3 is 22.1 Å². The Labute approximate surface area is 157 Å². The van der Waals surface area contributed by atoms with Gasteiger partial charge in [-0.15, -0.1) is 0 Å². The first kappa shape index (κ1) is 17.3. The number of primary amides is 1. The van der Waals surface area contributed by atoms with Crippen molar-refractivity contribution >= 4 is 28.6 Å². The molecular formula is C19H23N7O. The van der Waals surface area contributed by atoms with Gasteiger partial charge in [0.25, 0.3) is 5.91 Å². The highest BCUT2D eigenvalue weighted by atomic mass is 16.1. The van der Waals surface area contributed by atoms with Crippen molar-refractivity contribution in [3.8, 4) is 0 Å². The molecule has 140 valence electrons. The number of nitrogens with zero attached hydrogens (tertiary/aromatic N) is 3. The van der Waals surface area contributed by atoms with E-state index in [0.717, 1.165) is 36.9 Å². The Hall–Kier alpha value is -3.13. The van der Waals surface area contributed by atoms with Gasteiger partial charge in [0.2, 0.25) is 0 Å². The summed E-state index contributed by atoms with van der Waals surface area (Å²) < 4.78 is 1.76. The Balaban J connectivity index is 1.64. The molecule has 1 aliphatic rings. The Morgan fingerprint density at radius 3 is 2.85 bits per heavy atom. The third kappa shape index (κ3) is 3.56. The first-order valence-electron chi connectivity index (χ1n) is 9.13. The van der Waals surface area contributed by atoms with E-state index in [2.05, 4.69) is 20.7 Å². The molecule has 27 heavy (non-hydrogen) atoms. The van der Waals surface area contributed by atoms with E-state index in [0.29, 0.717) is 17.1 Å². The third-order valence-electron chi connectivity index (χ3n) is 5.02. The maximum atomic E-state index is 11.8. The lowest BCUT2D eigenvalue weighted by molar-refractivity contribution is 0.100. The first-order valence-corrected chi connectivity index (χ1v) is 9.13. The van der Waals surface area contributed by atoms with Crippen LogP contribution in [0, 0.1) is 0 Å². The van der Waals surface area contributed by atoms with E-state index in [1.165, 1.54) is 6.20 Å². The second kappa shape index (κ2) is 7.24. The second-order valence-electron chi connectivity index (χ2n) is 6.89. The summed E-state index contributed by atoms with van der Waals surface area (Å²) in [5.41, 5.74) is 14.3. The molecule has 8 heteroatoms. The number of hydrogen-bond donors (Lipinski definition) is 4. The fraction of sp³-hybridized carbons (Fsp3) is 0.316. The molecule has 0 spiro atoms. The Kier molecular flexibility index (Phi) is 4.64. The molecular weight excluding hydrogens is 342 g/mol. The lowest BCUT2D eigenvalue weighted by atomic mass is 9.91. The fourth-order valence-corrected chi connectivity index (χ4v) is 3.54. The number of carbonyl (C=O) groups is 1. The van der Waals surface area contributed by atoms with Crippen LogP contribution in [0.2, 0.25) is 0 Å². The van der Waals surface area contributed by atoms with Crippen LogP contribution < -0.4 is 22.1 Å². The Bertz CT molecular complexity index is 968. The van der Waals surface area contributed by atoms with Gasteiger partial charge in [-0.05, 0) is 25.0 Å². The van der Waals surface area contributed by atoms with Crippen molar-refractivity contribution in [2.75, 3.05) is 10.6 Å². The highest BCUT2D eigenvalue weighted by Gasteiger charge is 2.22. The average molecular weight is 365 g/mol. The van der Waals surface area contributed by atoms with Crippen LogP contribution in [0.1, 0.15) is 36.0 Å². The van der Waals surface area contributed by atoms with Crippen LogP contribution >= 0.6 is 0 Å². The minimum absolute atomic E-state index is 0.104. The van der Waals surface area contributed by atoms with Crippen molar-refractivity contribution in [3.63, 3.8) is 0 Å². The number of pyridine rings is 2. The van der Waals surface area contributed by atoms with Gasteiger partial charge in [0.1, 0.15) is 5.82 Å². The van der Waals surface area contributed by atoms with Crippen LogP contribution in [0.4, 0.5) is 17.2 Å². The van der Waals surface area contributed by atoms with Gasteiger partial charge in [-0.3, -0.25) is 4.79 Å². The van der Waals surface area contributed by atoms with Crippen LogP contribution in [0.5, 0.6) is 0 Å². The van der Waals surface area contributed by atoms with Crippen LogP contribution in [0.3, 0.4) is 0 Å². The van der Waals surface area contributed by atoms with Crippen molar-refractivity contribution < 1.29 is 4.79 Å². The highest BCUT2D eigenvalue weighted by Crippen LogP contribution is 2.27. The molecule has 2 atom stereocenters. The highest BCUT2D eigenvalue weighted by molar-refractivity contribution is 6.00. The number of hydrogen-bond acceptors (Lipinski definition) is 6. The summed E-state index contributed by atoms with van der Waals surface area (Å²) >= 11 is 0. The maximum absolute atomic E-state index is 11.8. The van der Waals surface area contributed by atoms with Gasteiger partial charge in [-0.1, -0.05) is 18.9 Å². The van der Waals surface area contributed by atoms with E-state index in [4.69, 9.17) is 11.5 Å². The van der Waals surface area contributed by atoms with E-state index in [-0.39, 0.29) is 12.1 Å². The number of amides is 1. The summed E-state index contributed by atoms with van der Waals surface area (Å²) in [5, 5.41) is 11.0. The van der Waals surface area contributed by atoms with E-state index < -0.39 is 5.91 Å². The largest absolute Gasteiger partial charge is 0.366 e.